The normalized spacial score (nSPS) is 17.9. The van der Waals surface area contributed by atoms with Gasteiger partial charge >= 0.3 is 0 Å². The minimum Gasteiger partial charge on any atom is -0.330 e. The van der Waals surface area contributed by atoms with E-state index in [9.17, 15) is 9.59 Å². The van der Waals surface area contributed by atoms with Crippen molar-refractivity contribution in [1.29, 1.82) is 0 Å². The quantitative estimate of drug-likeness (QED) is 0.897. The predicted molar refractivity (Wildman–Crippen MR) is 88.0 cm³/mol. The third kappa shape index (κ3) is 5.11. The van der Waals surface area contributed by atoms with Crippen LogP contribution in [0.3, 0.4) is 0 Å². The maximum Gasteiger partial charge on any atom is 0.230 e. The molecule has 0 spiro atoms. The molecule has 4 heteroatoms. The van der Waals surface area contributed by atoms with Crippen molar-refractivity contribution in [3.05, 3.63) is 41.0 Å². The van der Waals surface area contributed by atoms with Crippen LogP contribution in [0.4, 0.5) is 0 Å². The fraction of sp³-hybridized carbons (Fsp3) is 0.444. The Labute approximate surface area is 131 Å². The number of nitrogens with one attached hydrogen (secondary N) is 1. The van der Waals surface area contributed by atoms with Crippen molar-refractivity contribution in [3.63, 3.8) is 0 Å². The molecule has 1 aliphatic rings. The molecule has 1 fully saturated rings. The molecule has 2 amide bonds. The van der Waals surface area contributed by atoms with Gasteiger partial charge in [0.1, 0.15) is 0 Å². The summed E-state index contributed by atoms with van der Waals surface area (Å²) in [6, 6.07) is 7.94. The summed E-state index contributed by atoms with van der Waals surface area (Å²) in [6.45, 7) is 2.14. The predicted octanol–water partition coefficient (Wildman–Crippen LogP) is 2.42. The van der Waals surface area contributed by atoms with Gasteiger partial charge in [-0.2, -0.15) is 0 Å². The highest BCUT2D eigenvalue weighted by Crippen LogP contribution is 2.28. The number of rotatable bonds is 4. The van der Waals surface area contributed by atoms with Crippen molar-refractivity contribution in [2.45, 2.75) is 39.0 Å². The average molecular weight is 300 g/mol. The molecule has 0 radical (unpaired) electrons. The van der Waals surface area contributed by atoms with E-state index >= 15 is 0 Å². The van der Waals surface area contributed by atoms with Gasteiger partial charge in [0.15, 0.2) is 0 Å². The monoisotopic (exact) mass is 300 g/mol. The zero-order chi connectivity index (χ0) is 15.9. The number of carbonyl (C=O) groups excluding carboxylic acids is 2. The van der Waals surface area contributed by atoms with Crippen LogP contribution in [0, 0.1) is 5.92 Å². The molecule has 2 rings (SSSR count). The molecule has 0 bridgehead atoms. The lowest BCUT2D eigenvalue weighted by Gasteiger charge is -2.22. The van der Waals surface area contributed by atoms with Crippen LogP contribution in [-0.4, -0.2) is 18.4 Å². The second-order valence-electron chi connectivity index (χ2n) is 6.00. The van der Waals surface area contributed by atoms with E-state index < -0.39 is 0 Å². The first-order chi connectivity index (χ1) is 10.6. The molecule has 0 saturated heterocycles. The minimum absolute atomic E-state index is 0.231. The van der Waals surface area contributed by atoms with Gasteiger partial charge in [0.05, 0.1) is 6.42 Å². The van der Waals surface area contributed by atoms with Gasteiger partial charge in [0, 0.05) is 6.92 Å². The highest BCUT2D eigenvalue weighted by Gasteiger charge is 2.14. The minimum atomic E-state index is -0.320. The first kappa shape index (κ1) is 16.4. The van der Waals surface area contributed by atoms with Crippen LogP contribution in [-0.2, 0) is 16.0 Å². The number of hydrogen-bond donors (Lipinski definition) is 2. The Morgan fingerprint density at radius 2 is 1.86 bits per heavy atom. The molecule has 3 N–H and O–H groups in total. The molecule has 22 heavy (non-hydrogen) atoms. The van der Waals surface area contributed by atoms with Crippen LogP contribution in [0.15, 0.2) is 29.8 Å². The number of benzene rings is 1. The van der Waals surface area contributed by atoms with Crippen molar-refractivity contribution in [3.8, 4) is 0 Å². The van der Waals surface area contributed by atoms with Crippen molar-refractivity contribution >= 4 is 17.9 Å². The van der Waals surface area contributed by atoms with E-state index in [2.05, 4.69) is 11.4 Å². The molecular formula is C18H24N2O2. The SMILES string of the molecule is CC(=O)NC(=O)Cc1ccc(C=C2CCC(CN)CC2)cc1. The van der Waals surface area contributed by atoms with E-state index in [4.69, 9.17) is 5.73 Å². The Balaban J connectivity index is 1.92. The lowest BCUT2D eigenvalue weighted by molar-refractivity contribution is -0.128. The fourth-order valence-electron chi connectivity index (χ4n) is 2.82. The lowest BCUT2D eigenvalue weighted by atomic mass is 9.85. The van der Waals surface area contributed by atoms with Gasteiger partial charge in [-0.15, -0.1) is 0 Å². The molecule has 1 aliphatic carbocycles. The third-order valence-electron chi connectivity index (χ3n) is 4.11. The molecule has 1 aromatic rings. The summed E-state index contributed by atoms with van der Waals surface area (Å²) in [4.78, 5) is 22.3. The second-order valence-corrected chi connectivity index (χ2v) is 6.00. The van der Waals surface area contributed by atoms with Gasteiger partial charge in [-0.05, 0) is 49.3 Å². The maximum absolute atomic E-state index is 11.5. The molecule has 0 aliphatic heterocycles. The Bertz CT molecular complexity index is 551. The Kier molecular flexibility index (Phi) is 5.90. The highest BCUT2D eigenvalue weighted by molar-refractivity contribution is 5.94. The first-order valence-electron chi connectivity index (χ1n) is 7.85. The highest BCUT2D eigenvalue weighted by atomic mass is 16.2. The van der Waals surface area contributed by atoms with Gasteiger partial charge in [0.25, 0.3) is 0 Å². The van der Waals surface area contributed by atoms with Crippen LogP contribution in [0.1, 0.15) is 43.7 Å². The zero-order valence-corrected chi connectivity index (χ0v) is 13.1. The molecule has 4 nitrogen and oxygen atoms in total. The van der Waals surface area contributed by atoms with Crippen LogP contribution in [0.2, 0.25) is 0 Å². The maximum atomic E-state index is 11.5. The summed E-state index contributed by atoms with van der Waals surface area (Å²) in [5, 5.41) is 2.28. The molecule has 0 atom stereocenters. The van der Waals surface area contributed by atoms with Gasteiger partial charge < -0.3 is 5.73 Å². The smallest absolute Gasteiger partial charge is 0.230 e. The Morgan fingerprint density at radius 3 is 2.41 bits per heavy atom. The second kappa shape index (κ2) is 7.90. The average Bonchev–Trinajstić information content (AvgIpc) is 2.49. The number of amides is 2. The fourth-order valence-corrected chi connectivity index (χ4v) is 2.82. The lowest BCUT2D eigenvalue weighted by Crippen LogP contribution is -2.29. The summed E-state index contributed by atoms with van der Waals surface area (Å²) >= 11 is 0. The van der Waals surface area contributed by atoms with Crippen LogP contribution in [0.5, 0.6) is 0 Å². The van der Waals surface area contributed by atoms with Gasteiger partial charge in [-0.25, -0.2) is 0 Å². The van der Waals surface area contributed by atoms with Crippen molar-refractivity contribution in [2.75, 3.05) is 6.54 Å². The summed E-state index contributed by atoms with van der Waals surface area (Å²) in [5.74, 6) is 0.0949. The number of allylic oxidation sites excluding steroid dienone is 1. The summed E-state index contributed by atoms with van der Waals surface area (Å²) < 4.78 is 0. The van der Waals surface area contributed by atoms with Crippen molar-refractivity contribution in [1.82, 2.24) is 5.32 Å². The largest absolute Gasteiger partial charge is 0.330 e. The Morgan fingerprint density at radius 1 is 1.23 bits per heavy atom. The molecule has 0 unspecified atom stereocenters. The standard InChI is InChI=1S/C18H24N2O2/c1-13(21)20-18(22)11-16-4-2-14(3-5-16)10-15-6-8-17(12-19)9-7-15/h2-5,10,17H,6-9,11-12,19H2,1H3,(H,20,21,22). The van der Waals surface area contributed by atoms with Crippen molar-refractivity contribution in [2.24, 2.45) is 11.7 Å². The van der Waals surface area contributed by atoms with E-state index in [-0.39, 0.29) is 18.2 Å². The summed E-state index contributed by atoms with van der Waals surface area (Å²) in [5.41, 5.74) is 9.27. The zero-order valence-electron chi connectivity index (χ0n) is 13.1. The van der Waals surface area contributed by atoms with Crippen LogP contribution >= 0.6 is 0 Å². The topological polar surface area (TPSA) is 72.2 Å². The van der Waals surface area contributed by atoms with Crippen molar-refractivity contribution < 1.29 is 9.59 Å². The van der Waals surface area contributed by atoms with E-state index in [1.54, 1.807) is 0 Å². The molecule has 0 heterocycles. The van der Waals surface area contributed by atoms with E-state index in [1.807, 2.05) is 24.3 Å². The Hall–Kier alpha value is -1.94. The molecule has 1 saturated carbocycles. The van der Waals surface area contributed by atoms with Crippen LogP contribution in [0.25, 0.3) is 6.08 Å². The summed E-state index contributed by atoms with van der Waals surface area (Å²) in [6.07, 6.45) is 7.10. The molecule has 0 aromatic heterocycles. The van der Waals surface area contributed by atoms with Gasteiger partial charge in [-0.1, -0.05) is 35.9 Å². The number of nitrogens with two attached hydrogens (primary N) is 1. The molecular weight excluding hydrogens is 276 g/mol. The van der Waals surface area contributed by atoms with Gasteiger partial charge in [0.2, 0.25) is 11.8 Å². The number of carbonyl (C=O) groups is 2. The van der Waals surface area contributed by atoms with Crippen LogP contribution < -0.4 is 11.1 Å². The third-order valence-corrected chi connectivity index (χ3v) is 4.11. The van der Waals surface area contributed by atoms with Gasteiger partial charge in [-0.3, -0.25) is 14.9 Å². The molecule has 1 aromatic carbocycles. The molecule has 118 valence electrons. The van der Waals surface area contributed by atoms with E-state index in [0.717, 1.165) is 30.5 Å². The first-order valence-corrected chi connectivity index (χ1v) is 7.85. The van der Waals surface area contributed by atoms with E-state index in [1.165, 1.54) is 25.3 Å². The number of hydrogen-bond acceptors (Lipinski definition) is 3. The summed E-state index contributed by atoms with van der Waals surface area (Å²) in [7, 11) is 0. The number of imide groups is 1. The van der Waals surface area contributed by atoms with E-state index in [0.29, 0.717) is 5.92 Å².